The maximum Gasteiger partial charge on any atom is 0.306 e. The van der Waals surface area contributed by atoms with E-state index in [-0.39, 0.29) is 5.97 Å². The van der Waals surface area contributed by atoms with Crippen molar-refractivity contribution in [1.29, 1.82) is 0 Å². The van der Waals surface area contributed by atoms with E-state index in [0.717, 1.165) is 6.42 Å². The molecule has 2 heterocycles. The first-order valence-corrected chi connectivity index (χ1v) is 5.29. The van der Waals surface area contributed by atoms with Gasteiger partial charge in [-0.3, -0.25) is 4.79 Å². The summed E-state index contributed by atoms with van der Waals surface area (Å²) in [7, 11) is 0. The van der Waals surface area contributed by atoms with Crippen LogP contribution in [0.25, 0.3) is 0 Å². The molecule has 2 rings (SSSR count). The second-order valence-corrected chi connectivity index (χ2v) is 4.68. The van der Waals surface area contributed by atoms with Crippen molar-refractivity contribution in [3.05, 3.63) is 21.9 Å². The van der Waals surface area contributed by atoms with Gasteiger partial charge >= 0.3 is 5.97 Å². The summed E-state index contributed by atoms with van der Waals surface area (Å²) in [6, 6.07) is 4.24. The predicted octanol–water partition coefficient (Wildman–Crippen LogP) is 2.48. The molecule has 1 aliphatic rings. The quantitative estimate of drug-likeness (QED) is 0.645. The SMILES string of the molecule is Cc1ccc([C@@H]2CCOC(=O)C2)s1. The Kier molecular flexibility index (Phi) is 2.36. The van der Waals surface area contributed by atoms with Gasteiger partial charge in [0.1, 0.15) is 0 Å². The van der Waals surface area contributed by atoms with Gasteiger partial charge in [0.25, 0.3) is 0 Å². The second kappa shape index (κ2) is 3.50. The van der Waals surface area contributed by atoms with E-state index in [1.165, 1.54) is 9.75 Å². The van der Waals surface area contributed by atoms with Crippen LogP contribution < -0.4 is 0 Å². The highest BCUT2D eigenvalue weighted by Gasteiger charge is 2.22. The van der Waals surface area contributed by atoms with Crippen LogP contribution in [0.2, 0.25) is 0 Å². The van der Waals surface area contributed by atoms with E-state index in [1.54, 1.807) is 11.3 Å². The van der Waals surface area contributed by atoms with Crippen molar-refractivity contribution in [3.63, 3.8) is 0 Å². The molecule has 70 valence electrons. The Bertz CT molecular complexity index is 316. The fourth-order valence-electron chi connectivity index (χ4n) is 1.59. The zero-order valence-electron chi connectivity index (χ0n) is 7.58. The second-order valence-electron chi connectivity index (χ2n) is 3.36. The molecule has 0 spiro atoms. The van der Waals surface area contributed by atoms with Crippen LogP contribution in [0, 0.1) is 6.92 Å². The molecule has 0 saturated carbocycles. The Morgan fingerprint density at radius 3 is 3.00 bits per heavy atom. The molecule has 3 heteroatoms. The van der Waals surface area contributed by atoms with Crippen LogP contribution >= 0.6 is 11.3 Å². The summed E-state index contributed by atoms with van der Waals surface area (Å²) in [5, 5.41) is 0. The molecule has 0 aliphatic carbocycles. The number of aryl methyl sites for hydroxylation is 1. The van der Waals surface area contributed by atoms with Gasteiger partial charge in [-0.1, -0.05) is 0 Å². The highest BCUT2D eigenvalue weighted by molar-refractivity contribution is 7.12. The van der Waals surface area contributed by atoms with Gasteiger partial charge in [0.15, 0.2) is 0 Å². The molecule has 0 aromatic carbocycles. The zero-order valence-corrected chi connectivity index (χ0v) is 8.39. The number of cyclic esters (lactones) is 1. The number of hydrogen-bond donors (Lipinski definition) is 0. The third-order valence-corrected chi connectivity index (χ3v) is 3.47. The zero-order chi connectivity index (χ0) is 9.26. The van der Waals surface area contributed by atoms with Gasteiger partial charge in [0.2, 0.25) is 0 Å². The maximum atomic E-state index is 11.0. The van der Waals surface area contributed by atoms with Crippen LogP contribution in [0.5, 0.6) is 0 Å². The lowest BCUT2D eigenvalue weighted by atomic mass is 9.98. The van der Waals surface area contributed by atoms with E-state index in [0.29, 0.717) is 18.9 Å². The first-order chi connectivity index (χ1) is 6.25. The van der Waals surface area contributed by atoms with Gasteiger partial charge < -0.3 is 4.74 Å². The average molecular weight is 196 g/mol. The normalized spacial score (nSPS) is 22.8. The minimum Gasteiger partial charge on any atom is -0.466 e. The smallest absolute Gasteiger partial charge is 0.306 e. The first kappa shape index (κ1) is 8.75. The van der Waals surface area contributed by atoms with E-state index in [1.807, 2.05) is 0 Å². The Labute approximate surface area is 81.5 Å². The minimum atomic E-state index is -0.0534. The van der Waals surface area contributed by atoms with Crippen LogP contribution in [0.15, 0.2) is 12.1 Å². The summed E-state index contributed by atoms with van der Waals surface area (Å²) in [6.07, 6.45) is 1.53. The third-order valence-electron chi connectivity index (χ3n) is 2.31. The summed E-state index contributed by atoms with van der Waals surface area (Å²) in [4.78, 5) is 13.7. The van der Waals surface area contributed by atoms with Crippen molar-refractivity contribution in [2.24, 2.45) is 0 Å². The predicted molar refractivity (Wildman–Crippen MR) is 52.0 cm³/mol. The lowest BCUT2D eigenvalue weighted by Gasteiger charge is -2.19. The number of ether oxygens (including phenoxy) is 1. The lowest BCUT2D eigenvalue weighted by molar-refractivity contribution is -0.147. The molecule has 13 heavy (non-hydrogen) atoms. The van der Waals surface area contributed by atoms with E-state index in [9.17, 15) is 4.79 Å². The highest BCUT2D eigenvalue weighted by atomic mass is 32.1. The van der Waals surface area contributed by atoms with Crippen molar-refractivity contribution in [3.8, 4) is 0 Å². The molecule has 1 aliphatic heterocycles. The number of carbonyl (C=O) groups excluding carboxylic acids is 1. The Morgan fingerprint density at radius 1 is 1.54 bits per heavy atom. The molecule has 1 aromatic heterocycles. The number of thiophene rings is 1. The molecule has 0 radical (unpaired) electrons. The molecule has 1 fully saturated rings. The number of carbonyl (C=O) groups is 1. The fourth-order valence-corrected chi connectivity index (χ4v) is 2.60. The third kappa shape index (κ3) is 1.91. The van der Waals surface area contributed by atoms with E-state index in [2.05, 4.69) is 19.1 Å². The Balaban J connectivity index is 2.12. The summed E-state index contributed by atoms with van der Waals surface area (Å²) >= 11 is 1.79. The van der Waals surface area contributed by atoms with Crippen molar-refractivity contribution in [2.45, 2.75) is 25.7 Å². The summed E-state index contributed by atoms with van der Waals surface area (Å²) in [5.74, 6) is 0.349. The Hall–Kier alpha value is -0.830. The summed E-state index contributed by atoms with van der Waals surface area (Å²) in [5.41, 5.74) is 0. The highest BCUT2D eigenvalue weighted by Crippen LogP contribution is 2.32. The van der Waals surface area contributed by atoms with Crippen molar-refractivity contribution < 1.29 is 9.53 Å². The molecule has 1 saturated heterocycles. The van der Waals surface area contributed by atoms with Gasteiger partial charge in [-0.2, -0.15) is 0 Å². The molecule has 0 amide bonds. The van der Waals surface area contributed by atoms with Gasteiger partial charge in [-0.25, -0.2) is 0 Å². The monoisotopic (exact) mass is 196 g/mol. The molecule has 0 unspecified atom stereocenters. The van der Waals surface area contributed by atoms with Crippen molar-refractivity contribution in [2.75, 3.05) is 6.61 Å². The molecule has 2 nitrogen and oxygen atoms in total. The Morgan fingerprint density at radius 2 is 2.38 bits per heavy atom. The van der Waals surface area contributed by atoms with E-state index in [4.69, 9.17) is 4.74 Å². The van der Waals surface area contributed by atoms with Crippen LogP contribution in [-0.4, -0.2) is 12.6 Å². The van der Waals surface area contributed by atoms with E-state index < -0.39 is 0 Å². The standard InChI is InChI=1S/C10H12O2S/c1-7-2-3-9(13-7)8-4-5-12-10(11)6-8/h2-3,8H,4-6H2,1H3/t8-/m1/s1. The largest absolute Gasteiger partial charge is 0.466 e. The molecule has 0 N–H and O–H groups in total. The minimum absolute atomic E-state index is 0.0534. The average Bonchev–Trinajstić information content (AvgIpc) is 2.52. The molecule has 1 aromatic rings. The molecule has 0 bridgehead atoms. The number of esters is 1. The maximum absolute atomic E-state index is 11.0. The van der Waals surface area contributed by atoms with Crippen molar-refractivity contribution >= 4 is 17.3 Å². The summed E-state index contributed by atoms with van der Waals surface area (Å²) in [6.45, 7) is 2.68. The van der Waals surface area contributed by atoms with Crippen LogP contribution in [0.4, 0.5) is 0 Å². The molecular weight excluding hydrogens is 184 g/mol. The molecular formula is C10H12O2S. The number of hydrogen-bond acceptors (Lipinski definition) is 3. The topological polar surface area (TPSA) is 26.3 Å². The van der Waals surface area contributed by atoms with Gasteiger partial charge in [-0.15, -0.1) is 11.3 Å². The van der Waals surface area contributed by atoms with Gasteiger partial charge in [0, 0.05) is 15.7 Å². The molecule has 1 atom stereocenters. The first-order valence-electron chi connectivity index (χ1n) is 4.47. The van der Waals surface area contributed by atoms with Crippen LogP contribution in [-0.2, 0) is 9.53 Å². The fraction of sp³-hybridized carbons (Fsp3) is 0.500. The van der Waals surface area contributed by atoms with Crippen LogP contribution in [0.1, 0.15) is 28.5 Å². The van der Waals surface area contributed by atoms with Gasteiger partial charge in [0.05, 0.1) is 13.0 Å². The summed E-state index contributed by atoms with van der Waals surface area (Å²) < 4.78 is 4.90. The van der Waals surface area contributed by atoms with Gasteiger partial charge in [-0.05, 0) is 25.5 Å². The number of rotatable bonds is 1. The van der Waals surface area contributed by atoms with Crippen molar-refractivity contribution in [1.82, 2.24) is 0 Å². The lowest BCUT2D eigenvalue weighted by Crippen LogP contribution is -2.18. The van der Waals surface area contributed by atoms with E-state index >= 15 is 0 Å². The van der Waals surface area contributed by atoms with Crippen LogP contribution in [0.3, 0.4) is 0 Å².